The highest BCUT2D eigenvalue weighted by Gasteiger charge is 2.28. The minimum Gasteiger partial charge on any atom is -0.394 e. The first-order chi connectivity index (χ1) is 9.46. The van der Waals surface area contributed by atoms with Gasteiger partial charge in [-0.2, -0.15) is 0 Å². The molecule has 0 saturated carbocycles. The molecule has 0 atom stereocenters. The normalized spacial score (nSPS) is 11.4. The van der Waals surface area contributed by atoms with Gasteiger partial charge in [0.1, 0.15) is 0 Å². The fraction of sp³-hybridized carbons (Fsp3) is 0.533. The molecule has 0 bridgehead atoms. The second kappa shape index (κ2) is 7.67. The van der Waals surface area contributed by atoms with Gasteiger partial charge in [0, 0.05) is 4.90 Å². The predicted molar refractivity (Wildman–Crippen MR) is 82.0 cm³/mol. The number of carbonyl (C=O) groups excluding carboxylic acids is 1. The molecule has 1 aromatic rings. The summed E-state index contributed by atoms with van der Waals surface area (Å²) in [6.45, 7) is 5.32. The maximum atomic E-state index is 12.0. The third-order valence-corrected chi connectivity index (χ3v) is 4.55. The van der Waals surface area contributed by atoms with Gasteiger partial charge in [-0.1, -0.05) is 24.6 Å². The van der Waals surface area contributed by atoms with Crippen molar-refractivity contribution in [1.82, 2.24) is 5.32 Å². The maximum absolute atomic E-state index is 12.0. The standard InChI is InChI=1S/C15H23NO3S/c1-4-15(9-17,10-18)16-14(19)8-20-13-7-11(2)5-6-12(13)3/h5-7,17-18H,4,8-10H2,1-3H3,(H,16,19). The molecule has 0 unspecified atom stereocenters. The van der Waals surface area contributed by atoms with Crippen LogP contribution in [0.4, 0.5) is 0 Å². The highest BCUT2D eigenvalue weighted by atomic mass is 32.2. The minimum absolute atomic E-state index is 0.180. The summed E-state index contributed by atoms with van der Waals surface area (Å²) in [6, 6.07) is 6.13. The SMILES string of the molecule is CCC(CO)(CO)NC(=O)CSc1cc(C)ccc1C. The van der Waals surface area contributed by atoms with Crippen LogP contribution in [0.15, 0.2) is 23.1 Å². The van der Waals surface area contributed by atoms with E-state index < -0.39 is 5.54 Å². The smallest absolute Gasteiger partial charge is 0.230 e. The van der Waals surface area contributed by atoms with Crippen molar-refractivity contribution < 1.29 is 15.0 Å². The van der Waals surface area contributed by atoms with Crippen molar-refractivity contribution in [2.45, 2.75) is 37.6 Å². The summed E-state index contributed by atoms with van der Waals surface area (Å²) >= 11 is 1.47. The molecule has 0 aliphatic heterocycles. The van der Waals surface area contributed by atoms with Crippen LogP contribution < -0.4 is 5.32 Å². The lowest BCUT2D eigenvalue weighted by atomic mass is 9.99. The lowest BCUT2D eigenvalue weighted by Crippen LogP contribution is -2.54. The van der Waals surface area contributed by atoms with E-state index >= 15 is 0 Å². The first kappa shape index (κ1) is 17.0. The Balaban J connectivity index is 2.61. The van der Waals surface area contributed by atoms with Gasteiger partial charge in [0.25, 0.3) is 0 Å². The average molecular weight is 297 g/mol. The van der Waals surface area contributed by atoms with Crippen LogP contribution in [0.5, 0.6) is 0 Å². The van der Waals surface area contributed by atoms with Crippen molar-refractivity contribution >= 4 is 17.7 Å². The van der Waals surface area contributed by atoms with Gasteiger partial charge in [0.2, 0.25) is 5.91 Å². The van der Waals surface area contributed by atoms with Gasteiger partial charge < -0.3 is 15.5 Å². The summed E-state index contributed by atoms with van der Waals surface area (Å²) in [5.74, 6) is 0.0901. The average Bonchev–Trinajstić information content (AvgIpc) is 2.46. The number of carbonyl (C=O) groups is 1. The van der Waals surface area contributed by atoms with E-state index in [0.717, 1.165) is 16.0 Å². The molecule has 0 aromatic heterocycles. The number of nitrogens with one attached hydrogen (secondary N) is 1. The third-order valence-electron chi connectivity index (χ3n) is 3.39. The zero-order valence-corrected chi connectivity index (χ0v) is 13.1. The van der Waals surface area contributed by atoms with E-state index in [2.05, 4.69) is 11.4 Å². The Kier molecular flexibility index (Phi) is 6.52. The van der Waals surface area contributed by atoms with Crippen molar-refractivity contribution in [2.75, 3.05) is 19.0 Å². The molecule has 1 rings (SSSR count). The van der Waals surface area contributed by atoms with Crippen LogP contribution in [0.3, 0.4) is 0 Å². The van der Waals surface area contributed by atoms with Gasteiger partial charge in [0.05, 0.1) is 24.5 Å². The van der Waals surface area contributed by atoms with Gasteiger partial charge in [-0.25, -0.2) is 0 Å². The van der Waals surface area contributed by atoms with Crippen LogP contribution in [0.1, 0.15) is 24.5 Å². The lowest BCUT2D eigenvalue weighted by molar-refractivity contribution is -0.121. The van der Waals surface area contributed by atoms with E-state index in [1.54, 1.807) is 0 Å². The predicted octanol–water partition coefficient (Wildman–Crippen LogP) is 1.65. The summed E-state index contributed by atoms with van der Waals surface area (Å²) < 4.78 is 0. The summed E-state index contributed by atoms with van der Waals surface area (Å²) in [5, 5.41) is 21.3. The second-order valence-electron chi connectivity index (χ2n) is 5.06. The number of thioether (sulfide) groups is 1. The van der Waals surface area contributed by atoms with E-state index in [0.29, 0.717) is 6.42 Å². The number of hydrogen-bond donors (Lipinski definition) is 3. The van der Waals surface area contributed by atoms with Crippen molar-refractivity contribution in [1.29, 1.82) is 0 Å². The van der Waals surface area contributed by atoms with E-state index in [1.807, 2.05) is 32.9 Å². The van der Waals surface area contributed by atoms with Crippen LogP contribution in [0.2, 0.25) is 0 Å². The Hall–Kier alpha value is -1.04. The molecule has 0 fully saturated rings. The maximum Gasteiger partial charge on any atom is 0.230 e. The fourth-order valence-electron chi connectivity index (χ4n) is 1.78. The van der Waals surface area contributed by atoms with Gasteiger partial charge in [-0.3, -0.25) is 4.79 Å². The zero-order chi connectivity index (χ0) is 15.2. The topological polar surface area (TPSA) is 69.6 Å². The number of amides is 1. The van der Waals surface area contributed by atoms with Crippen molar-refractivity contribution in [2.24, 2.45) is 0 Å². The highest BCUT2D eigenvalue weighted by Crippen LogP contribution is 2.23. The number of benzene rings is 1. The quantitative estimate of drug-likeness (QED) is 0.669. The highest BCUT2D eigenvalue weighted by molar-refractivity contribution is 8.00. The lowest BCUT2D eigenvalue weighted by Gasteiger charge is -2.29. The number of hydrogen-bond acceptors (Lipinski definition) is 4. The van der Waals surface area contributed by atoms with Crippen LogP contribution in [-0.2, 0) is 4.79 Å². The molecule has 1 aromatic carbocycles. The molecular weight excluding hydrogens is 274 g/mol. The largest absolute Gasteiger partial charge is 0.394 e. The number of rotatable bonds is 7. The molecule has 0 radical (unpaired) electrons. The van der Waals surface area contributed by atoms with Crippen LogP contribution in [-0.4, -0.2) is 40.6 Å². The second-order valence-corrected chi connectivity index (χ2v) is 6.07. The molecule has 112 valence electrons. The first-order valence-corrected chi connectivity index (χ1v) is 7.67. The molecule has 0 saturated heterocycles. The molecule has 3 N–H and O–H groups in total. The third kappa shape index (κ3) is 4.51. The fourth-order valence-corrected chi connectivity index (χ4v) is 2.70. The van der Waals surface area contributed by atoms with Gasteiger partial charge in [0.15, 0.2) is 0 Å². The molecule has 5 heteroatoms. The van der Waals surface area contributed by atoms with E-state index in [4.69, 9.17) is 0 Å². The molecule has 20 heavy (non-hydrogen) atoms. The Bertz CT molecular complexity index is 450. The molecule has 0 spiro atoms. The summed E-state index contributed by atoms with van der Waals surface area (Å²) in [7, 11) is 0. The van der Waals surface area contributed by atoms with Crippen molar-refractivity contribution in [3.05, 3.63) is 29.3 Å². The molecule has 4 nitrogen and oxygen atoms in total. The van der Waals surface area contributed by atoms with Gasteiger partial charge in [-0.15, -0.1) is 11.8 Å². The van der Waals surface area contributed by atoms with Crippen molar-refractivity contribution in [3.8, 4) is 0 Å². The van der Waals surface area contributed by atoms with Crippen LogP contribution >= 0.6 is 11.8 Å². The van der Waals surface area contributed by atoms with Crippen LogP contribution in [0.25, 0.3) is 0 Å². The molecule has 0 aliphatic carbocycles. The molecule has 0 aliphatic rings. The Morgan fingerprint density at radius 2 is 1.95 bits per heavy atom. The van der Waals surface area contributed by atoms with Crippen LogP contribution in [0, 0.1) is 13.8 Å². The Morgan fingerprint density at radius 3 is 2.50 bits per heavy atom. The summed E-state index contributed by atoms with van der Waals surface area (Å²) in [6.07, 6.45) is 0.486. The molecule has 1 amide bonds. The zero-order valence-electron chi connectivity index (χ0n) is 12.3. The number of aliphatic hydroxyl groups excluding tert-OH is 2. The minimum atomic E-state index is -0.917. The summed E-state index contributed by atoms with van der Waals surface area (Å²) in [4.78, 5) is 13.0. The monoisotopic (exact) mass is 297 g/mol. The number of aryl methyl sites for hydroxylation is 2. The van der Waals surface area contributed by atoms with Gasteiger partial charge >= 0.3 is 0 Å². The van der Waals surface area contributed by atoms with E-state index in [1.165, 1.54) is 11.8 Å². The number of aliphatic hydroxyl groups is 2. The molecule has 0 heterocycles. The Morgan fingerprint density at radius 1 is 1.30 bits per heavy atom. The van der Waals surface area contributed by atoms with Gasteiger partial charge in [-0.05, 0) is 31.9 Å². The first-order valence-electron chi connectivity index (χ1n) is 6.69. The van der Waals surface area contributed by atoms with Crippen molar-refractivity contribution in [3.63, 3.8) is 0 Å². The van der Waals surface area contributed by atoms with E-state index in [9.17, 15) is 15.0 Å². The molecular formula is C15H23NO3S. The Labute approximate surface area is 124 Å². The van der Waals surface area contributed by atoms with E-state index in [-0.39, 0.29) is 24.9 Å². The summed E-state index contributed by atoms with van der Waals surface area (Å²) in [5.41, 5.74) is 1.38.